The van der Waals surface area contributed by atoms with Gasteiger partial charge >= 0.3 is 5.69 Å². The molecule has 27 heavy (non-hydrogen) atoms. The van der Waals surface area contributed by atoms with E-state index in [1.807, 2.05) is 0 Å². The minimum absolute atomic E-state index is 0.379. The van der Waals surface area contributed by atoms with Crippen LogP contribution in [-0.2, 0) is 4.79 Å². The van der Waals surface area contributed by atoms with Gasteiger partial charge in [0, 0.05) is 16.3 Å². The Bertz CT molecular complexity index is 1000. The molecular formula is C19H17ClN4O3. The maximum Gasteiger partial charge on any atom is 0.365 e. The van der Waals surface area contributed by atoms with Crippen molar-refractivity contribution in [2.45, 2.75) is 13.0 Å². The molecule has 1 N–H and O–H groups in total. The molecule has 3 rings (SSSR count). The van der Waals surface area contributed by atoms with E-state index in [-0.39, 0.29) is 5.91 Å². The molecule has 8 heteroatoms. The molecule has 0 bridgehead atoms. The maximum atomic E-state index is 12.4. The average Bonchev–Trinajstić information content (AvgIpc) is 2.68. The summed E-state index contributed by atoms with van der Waals surface area (Å²) in [5, 5.41) is 7.42. The summed E-state index contributed by atoms with van der Waals surface area (Å²) in [5.41, 5.74) is 1.11. The number of nitrogens with zero attached hydrogens (tertiary/aromatic N) is 3. The number of aromatic nitrogens is 3. The second-order valence-electron chi connectivity index (χ2n) is 5.77. The Kier molecular flexibility index (Phi) is 5.52. The van der Waals surface area contributed by atoms with Crippen LogP contribution in [0, 0.1) is 0 Å². The number of rotatable bonds is 5. The fourth-order valence-electron chi connectivity index (χ4n) is 2.41. The Morgan fingerprint density at radius 2 is 1.81 bits per heavy atom. The maximum absolute atomic E-state index is 12.4. The first-order valence-electron chi connectivity index (χ1n) is 8.14. The molecule has 0 aliphatic heterocycles. The van der Waals surface area contributed by atoms with Gasteiger partial charge in [0.25, 0.3) is 0 Å². The molecule has 1 atom stereocenters. The zero-order valence-electron chi connectivity index (χ0n) is 14.7. The highest BCUT2D eigenvalue weighted by atomic mass is 35.5. The van der Waals surface area contributed by atoms with Crippen molar-refractivity contribution in [1.29, 1.82) is 0 Å². The van der Waals surface area contributed by atoms with Crippen LogP contribution in [0.1, 0.15) is 13.0 Å². The van der Waals surface area contributed by atoms with E-state index < -0.39 is 11.7 Å². The van der Waals surface area contributed by atoms with Gasteiger partial charge in [-0.25, -0.2) is 9.48 Å². The number of ether oxygens (including phenoxy) is 1. The molecule has 0 saturated carbocycles. The third kappa shape index (κ3) is 4.32. The van der Waals surface area contributed by atoms with E-state index in [9.17, 15) is 9.59 Å². The van der Waals surface area contributed by atoms with Crippen LogP contribution in [0.25, 0.3) is 11.3 Å². The molecule has 7 nitrogen and oxygen atoms in total. The van der Waals surface area contributed by atoms with Crippen molar-refractivity contribution >= 4 is 23.2 Å². The lowest BCUT2D eigenvalue weighted by molar-refractivity contribution is -0.119. The number of halogens is 1. The summed E-state index contributed by atoms with van der Waals surface area (Å²) >= 11 is 5.86. The Morgan fingerprint density at radius 3 is 2.41 bits per heavy atom. The Labute approximate surface area is 160 Å². The van der Waals surface area contributed by atoms with E-state index in [2.05, 4.69) is 15.4 Å². The quantitative estimate of drug-likeness (QED) is 0.730. The van der Waals surface area contributed by atoms with Crippen molar-refractivity contribution in [3.8, 4) is 17.0 Å². The summed E-state index contributed by atoms with van der Waals surface area (Å²) in [5.74, 6) is 0.303. The van der Waals surface area contributed by atoms with Crippen LogP contribution in [0.3, 0.4) is 0 Å². The lowest BCUT2D eigenvalue weighted by atomic mass is 10.2. The van der Waals surface area contributed by atoms with Crippen LogP contribution < -0.4 is 15.7 Å². The summed E-state index contributed by atoms with van der Waals surface area (Å²) in [6.45, 7) is 1.58. The molecule has 3 aromatic rings. The van der Waals surface area contributed by atoms with Crippen LogP contribution in [0.4, 0.5) is 5.69 Å². The number of nitrogens with one attached hydrogen (secondary N) is 1. The first-order valence-corrected chi connectivity index (χ1v) is 8.52. The Balaban J connectivity index is 1.77. The third-order valence-corrected chi connectivity index (χ3v) is 4.21. The highest BCUT2D eigenvalue weighted by Gasteiger charge is 2.18. The molecule has 1 aromatic heterocycles. The number of carbonyl (C=O) groups is 1. The van der Waals surface area contributed by atoms with Gasteiger partial charge in [-0.05, 0) is 43.3 Å². The predicted molar refractivity (Wildman–Crippen MR) is 103 cm³/mol. The van der Waals surface area contributed by atoms with E-state index in [0.717, 1.165) is 4.68 Å². The molecule has 1 heterocycles. The molecule has 0 aliphatic rings. The van der Waals surface area contributed by atoms with Crippen LogP contribution in [0.15, 0.2) is 59.5 Å². The van der Waals surface area contributed by atoms with Gasteiger partial charge in [-0.15, -0.1) is 0 Å². The predicted octanol–water partition coefficient (Wildman–Crippen LogP) is 3.17. The highest BCUT2D eigenvalue weighted by molar-refractivity contribution is 6.30. The number of hydrogen-bond donors (Lipinski definition) is 1. The van der Waals surface area contributed by atoms with Crippen molar-refractivity contribution in [2.75, 3.05) is 12.4 Å². The number of amides is 1. The summed E-state index contributed by atoms with van der Waals surface area (Å²) in [7, 11) is 1.56. The number of benzene rings is 2. The second-order valence-corrected chi connectivity index (χ2v) is 6.21. The van der Waals surface area contributed by atoms with Crippen molar-refractivity contribution in [1.82, 2.24) is 14.8 Å². The fourth-order valence-corrected chi connectivity index (χ4v) is 2.53. The van der Waals surface area contributed by atoms with E-state index in [1.54, 1.807) is 62.6 Å². The van der Waals surface area contributed by atoms with Crippen molar-refractivity contribution in [3.05, 3.63) is 70.2 Å². The zero-order valence-corrected chi connectivity index (χ0v) is 15.5. The number of methoxy groups -OCH3 is 1. The summed E-state index contributed by atoms with van der Waals surface area (Å²) in [6, 6.07) is 12.9. The van der Waals surface area contributed by atoms with E-state index in [4.69, 9.17) is 16.3 Å². The van der Waals surface area contributed by atoms with Crippen molar-refractivity contribution in [3.63, 3.8) is 0 Å². The Morgan fingerprint density at radius 1 is 1.15 bits per heavy atom. The minimum Gasteiger partial charge on any atom is -0.497 e. The van der Waals surface area contributed by atoms with Crippen molar-refractivity contribution in [2.24, 2.45) is 0 Å². The SMILES string of the molecule is COc1ccc(NC(=O)[C@H](C)n2ncc(-c3ccc(Cl)cc3)nc2=O)cc1. The van der Waals surface area contributed by atoms with Crippen LogP contribution in [0.2, 0.25) is 5.02 Å². The van der Waals surface area contributed by atoms with E-state index >= 15 is 0 Å². The lowest BCUT2D eigenvalue weighted by Gasteiger charge is -2.14. The first kappa shape index (κ1) is 18.6. The molecule has 1 amide bonds. The second kappa shape index (κ2) is 8.01. The normalized spacial score (nSPS) is 11.7. The van der Waals surface area contributed by atoms with Gasteiger partial charge in [-0.2, -0.15) is 10.1 Å². The molecule has 138 valence electrons. The van der Waals surface area contributed by atoms with Gasteiger partial charge in [0.15, 0.2) is 0 Å². The van der Waals surface area contributed by atoms with E-state index in [0.29, 0.717) is 27.7 Å². The number of anilines is 1. The van der Waals surface area contributed by atoms with Crippen LogP contribution in [-0.4, -0.2) is 27.8 Å². The molecule has 0 saturated heterocycles. The highest BCUT2D eigenvalue weighted by Crippen LogP contribution is 2.19. The molecule has 0 spiro atoms. The van der Waals surface area contributed by atoms with Gasteiger partial charge in [0.05, 0.1) is 19.0 Å². The largest absolute Gasteiger partial charge is 0.497 e. The number of hydrogen-bond acceptors (Lipinski definition) is 5. The molecule has 2 aromatic carbocycles. The smallest absolute Gasteiger partial charge is 0.365 e. The van der Waals surface area contributed by atoms with E-state index in [1.165, 1.54) is 6.20 Å². The van der Waals surface area contributed by atoms with Gasteiger partial charge in [0.1, 0.15) is 11.8 Å². The lowest BCUT2D eigenvalue weighted by Crippen LogP contribution is -2.34. The summed E-state index contributed by atoms with van der Waals surface area (Å²) < 4.78 is 6.12. The Hall–Kier alpha value is -3.19. The van der Waals surface area contributed by atoms with Crippen LogP contribution in [0.5, 0.6) is 5.75 Å². The monoisotopic (exact) mass is 384 g/mol. The van der Waals surface area contributed by atoms with Crippen molar-refractivity contribution < 1.29 is 9.53 Å². The zero-order chi connectivity index (χ0) is 19.4. The molecule has 0 unspecified atom stereocenters. The first-order chi connectivity index (χ1) is 13.0. The van der Waals surface area contributed by atoms with Gasteiger partial charge in [-0.1, -0.05) is 23.7 Å². The van der Waals surface area contributed by atoms with Gasteiger partial charge < -0.3 is 10.1 Å². The average molecular weight is 385 g/mol. The molecule has 0 radical (unpaired) electrons. The van der Waals surface area contributed by atoms with Gasteiger partial charge in [-0.3, -0.25) is 4.79 Å². The standard InChI is InChI=1S/C19H17ClN4O3/c1-12(18(25)22-15-7-9-16(27-2)10-8-15)24-19(26)23-17(11-21-24)13-3-5-14(20)6-4-13/h3-12H,1-2H3,(H,22,25)/t12-/m0/s1. The van der Waals surface area contributed by atoms with Gasteiger partial charge in [0.2, 0.25) is 5.91 Å². The number of carbonyl (C=O) groups excluding carboxylic acids is 1. The molecular weight excluding hydrogens is 368 g/mol. The summed E-state index contributed by atoms with van der Waals surface area (Å²) in [4.78, 5) is 28.8. The summed E-state index contributed by atoms with van der Waals surface area (Å²) in [6.07, 6.45) is 1.45. The topological polar surface area (TPSA) is 86.1 Å². The third-order valence-electron chi connectivity index (χ3n) is 3.96. The molecule has 0 aliphatic carbocycles. The minimum atomic E-state index is -0.827. The van der Waals surface area contributed by atoms with Crippen LogP contribution >= 0.6 is 11.6 Å². The molecule has 0 fully saturated rings. The fraction of sp³-hybridized carbons (Fsp3) is 0.158.